The van der Waals surface area contributed by atoms with Crippen LogP contribution in [-0.2, 0) is 4.74 Å². The van der Waals surface area contributed by atoms with Gasteiger partial charge in [-0.05, 0) is 25.8 Å². The van der Waals surface area contributed by atoms with Crippen LogP contribution in [0.15, 0.2) is 0 Å². The van der Waals surface area contributed by atoms with Crippen LogP contribution in [0, 0.1) is 5.92 Å². The minimum atomic E-state index is 0.585. The molecule has 0 spiro atoms. The van der Waals surface area contributed by atoms with E-state index >= 15 is 0 Å². The first-order valence-electron chi connectivity index (χ1n) is 6.66. The topological polar surface area (TPSA) is 24.5 Å². The molecule has 0 aromatic rings. The average Bonchev–Trinajstić information content (AvgIpc) is 2.53. The lowest BCUT2D eigenvalue weighted by molar-refractivity contribution is 0.122. The normalized spacial score (nSPS) is 23.1. The molecule has 16 heavy (non-hydrogen) atoms. The fourth-order valence-corrected chi connectivity index (χ4v) is 2.12. The predicted octanol–water partition coefficient (Wildman–Crippen LogP) is 1.73. The summed E-state index contributed by atoms with van der Waals surface area (Å²) >= 11 is 0. The van der Waals surface area contributed by atoms with Gasteiger partial charge < -0.3 is 10.1 Å². The number of ether oxygens (including phenoxy) is 1. The van der Waals surface area contributed by atoms with Gasteiger partial charge in [0.2, 0.25) is 0 Å². The number of nitrogens with zero attached hydrogens (tertiary/aromatic N) is 1. The van der Waals surface area contributed by atoms with E-state index in [-0.39, 0.29) is 0 Å². The summed E-state index contributed by atoms with van der Waals surface area (Å²) < 4.78 is 5.50. The van der Waals surface area contributed by atoms with Gasteiger partial charge in [-0.3, -0.25) is 4.90 Å². The Bertz CT molecular complexity index is 177. The highest BCUT2D eigenvalue weighted by atomic mass is 16.5. The van der Waals surface area contributed by atoms with Crippen molar-refractivity contribution in [3.05, 3.63) is 0 Å². The van der Waals surface area contributed by atoms with Crippen molar-refractivity contribution in [3.8, 4) is 0 Å². The Labute approximate surface area is 101 Å². The molecule has 1 heterocycles. The lowest BCUT2D eigenvalue weighted by Crippen LogP contribution is -2.43. The van der Waals surface area contributed by atoms with E-state index in [1.54, 1.807) is 0 Å². The van der Waals surface area contributed by atoms with E-state index in [9.17, 15) is 0 Å². The van der Waals surface area contributed by atoms with Gasteiger partial charge in [0, 0.05) is 31.8 Å². The van der Waals surface area contributed by atoms with Gasteiger partial charge in [-0.15, -0.1) is 0 Å². The van der Waals surface area contributed by atoms with E-state index in [1.807, 2.05) is 0 Å². The number of hydrogen-bond acceptors (Lipinski definition) is 3. The molecule has 1 aliphatic rings. The third kappa shape index (κ3) is 4.81. The average molecular weight is 228 g/mol. The monoisotopic (exact) mass is 228 g/mol. The fraction of sp³-hybridized carbons (Fsp3) is 1.00. The van der Waals surface area contributed by atoms with Gasteiger partial charge in [0.25, 0.3) is 0 Å². The molecule has 0 saturated carbocycles. The van der Waals surface area contributed by atoms with E-state index in [2.05, 4.69) is 37.9 Å². The molecule has 1 rings (SSSR count). The van der Waals surface area contributed by atoms with Gasteiger partial charge in [0.15, 0.2) is 0 Å². The van der Waals surface area contributed by atoms with Crippen LogP contribution in [-0.4, -0.2) is 49.8 Å². The van der Waals surface area contributed by atoms with E-state index in [4.69, 9.17) is 4.74 Å². The van der Waals surface area contributed by atoms with Crippen molar-refractivity contribution in [2.24, 2.45) is 5.92 Å². The third-order valence-electron chi connectivity index (χ3n) is 3.50. The Morgan fingerprint density at radius 2 is 1.88 bits per heavy atom. The zero-order valence-electron chi connectivity index (χ0n) is 11.3. The van der Waals surface area contributed by atoms with Gasteiger partial charge in [-0.1, -0.05) is 20.8 Å². The number of rotatable bonds is 5. The van der Waals surface area contributed by atoms with Crippen molar-refractivity contribution in [1.82, 2.24) is 10.2 Å². The Kier molecular flexibility index (Phi) is 6.32. The molecule has 96 valence electrons. The summed E-state index contributed by atoms with van der Waals surface area (Å²) in [5, 5.41) is 3.52. The zero-order chi connectivity index (χ0) is 12.0. The van der Waals surface area contributed by atoms with Crippen molar-refractivity contribution in [2.45, 2.75) is 46.2 Å². The minimum absolute atomic E-state index is 0.585. The molecule has 0 bridgehead atoms. The van der Waals surface area contributed by atoms with Crippen molar-refractivity contribution >= 4 is 0 Å². The molecular formula is C13H28N2O. The van der Waals surface area contributed by atoms with Crippen LogP contribution >= 0.6 is 0 Å². The highest BCUT2D eigenvalue weighted by molar-refractivity contribution is 4.76. The first-order valence-corrected chi connectivity index (χ1v) is 6.66. The molecule has 0 radical (unpaired) electrons. The van der Waals surface area contributed by atoms with Gasteiger partial charge >= 0.3 is 0 Å². The van der Waals surface area contributed by atoms with E-state index < -0.39 is 0 Å². The first-order chi connectivity index (χ1) is 7.61. The summed E-state index contributed by atoms with van der Waals surface area (Å²) in [6.45, 7) is 14.3. The van der Waals surface area contributed by atoms with Crippen molar-refractivity contribution < 1.29 is 4.74 Å². The van der Waals surface area contributed by atoms with Gasteiger partial charge in [0.05, 0.1) is 6.61 Å². The minimum Gasteiger partial charge on any atom is -0.380 e. The van der Waals surface area contributed by atoms with Crippen LogP contribution in [0.5, 0.6) is 0 Å². The second-order valence-electron chi connectivity index (χ2n) is 5.28. The van der Waals surface area contributed by atoms with Gasteiger partial charge in [-0.2, -0.15) is 0 Å². The Morgan fingerprint density at radius 3 is 2.56 bits per heavy atom. The lowest BCUT2D eigenvalue weighted by atomic mass is 10.0. The van der Waals surface area contributed by atoms with Crippen LogP contribution < -0.4 is 5.32 Å². The SMILES string of the molecule is CC(C)NCC(C)C(C)N1CCCOCC1. The lowest BCUT2D eigenvalue weighted by Gasteiger charge is -2.32. The number of nitrogens with one attached hydrogen (secondary N) is 1. The van der Waals surface area contributed by atoms with Gasteiger partial charge in [-0.25, -0.2) is 0 Å². The van der Waals surface area contributed by atoms with Gasteiger partial charge in [0.1, 0.15) is 0 Å². The van der Waals surface area contributed by atoms with Crippen molar-refractivity contribution in [2.75, 3.05) is 32.8 Å². The summed E-state index contributed by atoms with van der Waals surface area (Å²) in [6, 6.07) is 1.23. The standard InChI is InChI=1S/C13H28N2O/c1-11(2)14-10-12(3)13(4)15-6-5-8-16-9-7-15/h11-14H,5-10H2,1-4H3. The van der Waals surface area contributed by atoms with Crippen LogP contribution in [0.2, 0.25) is 0 Å². The molecule has 3 nitrogen and oxygen atoms in total. The number of hydrogen-bond donors (Lipinski definition) is 1. The molecule has 0 amide bonds. The summed E-state index contributed by atoms with van der Waals surface area (Å²) in [7, 11) is 0. The van der Waals surface area contributed by atoms with Crippen LogP contribution in [0.4, 0.5) is 0 Å². The quantitative estimate of drug-likeness (QED) is 0.775. The van der Waals surface area contributed by atoms with Crippen LogP contribution in [0.25, 0.3) is 0 Å². The molecule has 2 unspecified atom stereocenters. The second-order valence-corrected chi connectivity index (χ2v) is 5.28. The van der Waals surface area contributed by atoms with Crippen LogP contribution in [0.3, 0.4) is 0 Å². The maximum atomic E-state index is 5.50. The molecule has 0 aliphatic carbocycles. The molecule has 0 aromatic heterocycles. The molecule has 1 saturated heterocycles. The Balaban J connectivity index is 2.32. The van der Waals surface area contributed by atoms with E-state index in [1.165, 1.54) is 13.0 Å². The molecular weight excluding hydrogens is 200 g/mol. The Hall–Kier alpha value is -0.120. The van der Waals surface area contributed by atoms with E-state index in [0.29, 0.717) is 18.0 Å². The molecule has 3 heteroatoms. The zero-order valence-corrected chi connectivity index (χ0v) is 11.3. The highest BCUT2D eigenvalue weighted by Gasteiger charge is 2.20. The van der Waals surface area contributed by atoms with Crippen LogP contribution in [0.1, 0.15) is 34.1 Å². The summed E-state index contributed by atoms with van der Waals surface area (Å²) in [5.74, 6) is 0.695. The van der Waals surface area contributed by atoms with Crippen molar-refractivity contribution in [3.63, 3.8) is 0 Å². The maximum absolute atomic E-state index is 5.50. The second kappa shape index (κ2) is 7.25. The summed E-state index contributed by atoms with van der Waals surface area (Å²) in [4.78, 5) is 2.57. The largest absolute Gasteiger partial charge is 0.380 e. The van der Waals surface area contributed by atoms with Crippen molar-refractivity contribution in [1.29, 1.82) is 0 Å². The van der Waals surface area contributed by atoms with E-state index in [0.717, 1.165) is 26.3 Å². The summed E-state index contributed by atoms with van der Waals surface area (Å²) in [6.07, 6.45) is 1.18. The molecule has 1 N–H and O–H groups in total. The first kappa shape index (κ1) is 13.9. The highest BCUT2D eigenvalue weighted by Crippen LogP contribution is 2.12. The third-order valence-corrected chi connectivity index (χ3v) is 3.50. The predicted molar refractivity (Wildman–Crippen MR) is 68.8 cm³/mol. The molecule has 1 fully saturated rings. The maximum Gasteiger partial charge on any atom is 0.0593 e. The smallest absolute Gasteiger partial charge is 0.0593 e. The molecule has 1 aliphatic heterocycles. The molecule has 2 atom stereocenters. The Morgan fingerprint density at radius 1 is 1.12 bits per heavy atom. The fourth-order valence-electron chi connectivity index (χ4n) is 2.12. The molecule has 0 aromatic carbocycles. The summed E-state index contributed by atoms with van der Waals surface area (Å²) in [5.41, 5.74) is 0.